The normalized spacial score (nSPS) is 17.0. The molecule has 0 aromatic heterocycles. The Morgan fingerprint density at radius 2 is 2.06 bits per heavy atom. The van der Waals surface area contributed by atoms with E-state index in [1.54, 1.807) is 0 Å². The van der Waals surface area contributed by atoms with Crippen molar-refractivity contribution in [3.8, 4) is 0 Å². The molecule has 3 nitrogen and oxygen atoms in total. The van der Waals surface area contributed by atoms with Crippen LogP contribution < -0.4 is 0 Å². The number of nitrogens with zero attached hydrogens (tertiary/aromatic N) is 1. The van der Waals surface area contributed by atoms with Crippen molar-refractivity contribution in [1.82, 2.24) is 4.90 Å². The first-order valence-corrected chi connectivity index (χ1v) is 6.85. The maximum atomic E-state index is 8.82. The lowest BCUT2D eigenvalue weighted by atomic mass is 10.1. The molecule has 1 heterocycles. The van der Waals surface area contributed by atoms with Crippen LogP contribution in [0.4, 0.5) is 0 Å². The van der Waals surface area contributed by atoms with Crippen LogP contribution in [0.5, 0.6) is 0 Å². The molecule has 4 heteroatoms. The average Bonchev–Trinajstić information content (AvgIpc) is 2.40. The van der Waals surface area contributed by atoms with Crippen LogP contribution in [0.2, 0.25) is 5.02 Å². The van der Waals surface area contributed by atoms with Crippen LogP contribution in [0.25, 0.3) is 0 Å². The van der Waals surface area contributed by atoms with Gasteiger partial charge in [0.15, 0.2) is 0 Å². The standard InChI is InChI=1S/C14H20ClNO2/c15-14-10-12(2-1-7-17)3-4-13(14)11-16-5-8-18-9-6-16/h3-4,10,17H,1-2,5-9,11H2. The van der Waals surface area contributed by atoms with Crippen molar-refractivity contribution in [2.24, 2.45) is 0 Å². The van der Waals surface area contributed by atoms with Crippen molar-refractivity contribution in [1.29, 1.82) is 0 Å². The lowest BCUT2D eigenvalue weighted by molar-refractivity contribution is 0.0342. The summed E-state index contributed by atoms with van der Waals surface area (Å²) in [6, 6.07) is 6.23. The van der Waals surface area contributed by atoms with Crippen molar-refractivity contribution in [3.63, 3.8) is 0 Å². The highest BCUT2D eigenvalue weighted by Gasteiger charge is 2.12. The summed E-state index contributed by atoms with van der Waals surface area (Å²) < 4.78 is 5.33. The van der Waals surface area contributed by atoms with Gasteiger partial charge >= 0.3 is 0 Å². The Labute approximate surface area is 113 Å². The number of aliphatic hydroxyl groups excluding tert-OH is 1. The van der Waals surface area contributed by atoms with Crippen molar-refractivity contribution < 1.29 is 9.84 Å². The number of hydrogen-bond acceptors (Lipinski definition) is 3. The number of rotatable bonds is 5. The summed E-state index contributed by atoms with van der Waals surface area (Å²) in [6.45, 7) is 4.69. The Morgan fingerprint density at radius 1 is 1.28 bits per heavy atom. The van der Waals surface area contributed by atoms with E-state index < -0.39 is 0 Å². The maximum Gasteiger partial charge on any atom is 0.0594 e. The van der Waals surface area contributed by atoms with Gasteiger partial charge in [-0.15, -0.1) is 0 Å². The quantitative estimate of drug-likeness (QED) is 0.889. The molecule has 18 heavy (non-hydrogen) atoms. The molecule has 0 bridgehead atoms. The largest absolute Gasteiger partial charge is 0.396 e. The molecular formula is C14H20ClNO2. The van der Waals surface area contributed by atoms with Gasteiger partial charge in [0.25, 0.3) is 0 Å². The van der Waals surface area contributed by atoms with E-state index in [0.717, 1.165) is 50.7 Å². The van der Waals surface area contributed by atoms with E-state index >= 15 is 0 Å². The highest BCUT2D eigenvalue weighted by molar-refractivity contribution is 6.31. The zero-order chi connectivity index (χ0) is 12.8. The molecule has 1 N–H and O–H groups in total. The summed E-state index contributed by atoms with van der Waals surface area (Å²) in [5, 5.41) is 9.65. The van der Waals surface area contributed by atoms with Gasteiger partial charge in [-0.25, -0.2) is 0 Å². The van der Waals surface area contributed by atoms with Crippen LogP contribution in [-0.4, -0.2) is 42.9 Å². The van der Waals surface area contributed by atoms with Crippen LogP contribution >= 0.6 is 11.6 Å². The van der Waals surface area contributed by atoms with Crippen LogP contribution in [0.1, 0.15) is 17.5 Å². The summed E-state index contributed by atoms with van der Waals surface area (Å²) in [5.41, 5.74) is 2.37. The predicted octanol–water partition coefficient (Wildman–Crippen LogP) is 2.10. The first kappa shape index (κ1) is 13.8. The van der Waals surface area contributed by atoms with Gasteiger partial charge in [0.2, 0.25) is 0 Å². The maximum absolute atomic E-state index is 8.82. The number of morpholine rings is 1. The van der Waals surface area contributed by atoms with Gasteiger partial charge in [0, 0.05) is 31.3 Å². The fourth-order valence-electron chi connectivity index (χ4n) is 2.16. The third kappa shape index (κ3) is 3.95. The predicted molar refractivity (Wildman–Crippen MR) is 73.0 cm³/mol. The van der Waals surface area contributed by atoms with Crippen LogP contribution in [0, 0.1) is 0 Å². The SMILES string of the molecule is OCCCc1ccc(CN2CCOCC2)c(Cl)c1. The van der Waals surface area contributed by atoms with E-state index in [1.807, 2.05) is 6.07 Å². The summed E-state index contributed by atoms with van der Waals surface area (Å²) in [7, 11) is 0. The number of benzene rings is 1. The Kier molecular flexibility index (Phi) is 5.45. The van der Waals surface area contributed by atoms with E-state index in [9.17, 15) is 0 Å². The molecule has 2 rings (SSSR count). The molecular weight excluding hydrogens is 250 g/mol. The fourth-order valence-corrected chi connectivity index (χ4v) is 2.42. The van der Waals surface area contributed by atoms with Gasteiger partial charge in [-0.2, -0.15) is 0 Å². The minimum atomic E-state index is 0.229. The van der Waals surface area contributed by atoms with E-state index in [0.29, 0.717) is 0 Å². The molecule has 1 aromatic carbocycles. The zero-order valence-electron chi connectivity index (χ0n) is 10.6. The Bertz CT molecular complexity index is 378. The molecule has 100 valence electrons. The molecule has 1 fully saturated rings. The molecule has 0 radical (unpaired) electrons. The van der Waals surface area contributed by atoms with E-state index in [4.69, 9.17) is 21.4 Å². The molecule has 1 aliphatic heterocycles. The first-order chi connectivity index (χ1) is 8.79. The Hall–Kier alpha value is -0.610. The number of ether oxygens (including phenoxy) is 1. The van der Waals surface area contributed by atoms with Crippen molar-refractivity contribution in [2.75, 3.05) is 32.9 Å². The number of hydrogen-bond donors (Lipinski definition) is 1. The van der Waals surface area contributed by atoms with E-state index in [-0.39, 0.29) is 6.61 Å². The van der Waals surface area contributed by atoms with E-state index in [2.05, 4.69) is 17.0 Å². The van der Waals surface area contributed by atoms with Gasteiger partial charge in [-0.3, -0.25) is 4.90 Å². The number of aliphatic hydroxyl groups is 1. The fraction of sp³-hybridized carbons (Fsp3) is 0.571. The number of halogens is 1. The molecule has 0 unspecified atom stereocenters. The van der Waals surface area contributed by atoms with Gasteiger partial charge in [-0.05, 0) is 30.0 Å². The van der Waals surface area contributed by atoms with Crippen molar-refractivity contribution in [3.05, 3.63) is 34.3 Å². The molecule has 0 aliphatic carbocycles. The van der Waals surface area contributed by atoms with Crippen molar-refractivity contribution >= 4 is 11.6 Å². The summed E-state index contributed by atoms with van der Waals surface area (Å²) in [6.07, 6.45) is 1.67. The summed E-state index contributed by atoms with van der Waals surface area (Å²) >= 11 is 6.31. The second-order valence-electron chi connectivity index (χ2n) is 4.64. The Balaban J connectivity index is 1.95. The van der Waals surface area contributed by atoms with Gasteiger partial charge in [0.05, 0.1) is 13.2 Å². The van der Waals surface area contributed by atoms with Gasteiger partial charge in [-0.1, -0.05) is 23.7 Å². The van der Waals surface area contributed by atoms with Gasteiger partial charge < -0.3 is 9.84 Å². The average molecular weight is 270 g/mol. The van der Waals surface area contributed by atoms with Crippen LogP contribution in [0.3, 0.4) is 0 Å². The van der Waals surface area contributed by atoms with Crippen LogP contribution in [0.15, 0.2) is 18.2 Å². The molecule has 1 saturated heterocycles. The molecule has 0 saturated carbocycles. The van der Waals surface area contributed by atoms with Gasteiger partial charge in [0.1, 0.15) is 0 Å². The number of aryl methyl sites for hydroxylation is 1. The smallest absolute Gasteiger partial charge is 0.0594 e. The third-order valence-electron chi connectivity index (χ3n) is 3.24. The van der Waals surface area contributed by atoms with Crippen molar-refractivity contribution in [2.45, 2.75) is 19.4 Å². The summed E-state index contributed by atoms with van der Waals surface area (Å²) in [4.78, 5) is 2.36. The Morgan fingerprint density at radius 3 is 2.72 bits per heavy atom. The lowest BCUT2D eigenvalue weighted by Crippen LogP contribution is -2.35. The second kappa shape index (κ2) is 7.10. The molecule has 1 aliphatic rings. The highest BCUT2D eigenvalue weighted by atomic mass is 35.5. The third-order valence-corrected chi connectivity index (χ3v) is 3.59. The highest BCUT2D eigenvalue weighted by Crippen LogP contribution is 2.20. The topological polar surface area (TPSA) is 32.7 Å². The minimum absolute atomic E-state index is 0.229. The zero-order valence-corrected chi connectivity index (χ0v) is 11.3. The molecule has 1 aromatic rings. The summed E-state index contributed by atoms with van der Waals surface area (Å²) in [5.74, 6) is 0. The van der Waals surface area contributed by atoms with E-state index in [1.165, 1.54) is 11.1 Å². The van der Waals surface area contributed by atoms with Crippen LogP contribution in [-0.2, 0) is 17.7 Å². The minimum Gasteiger partial charge on any atom is -0.396 e. The molecule has 0 spiro atoms. The molecule has 0 amide bonds. The second-order valence-corrected chi connectivity index (χ2v) is 5.05. The first-order valence-electron chi connectivity index (χ1n) is 6.48. The monoisotopic (exact) mass is 269 g/mol. The lowest BCUT2D eigenvalue weighted by Gasteiger charge is -2.27. The molecule has 0 atom stereocenters.